The highest BCUT2D eigenvalue weighted by Gasteiger charge is 2.15. The van der Waals surface area contributed by atoms with E-state index in [0.29, 0.717) is 23.2 Å². The van der Waals surface area contributed by atoms with E-state index in [9.17, 15) is 9.59 Å². The molecule has 1 amide bonds. The highest BCUT2D eigenvalue weighted by atomic mass is 32.2. The summed E-state index contributed by atoms with van der Waals surface area (Å²) in [6, 6.07) is 14.9. The van der Waals surface area contributed by atoms with E-state index in [2.05, 4.69) is 22.1 Å². The van der Waals surface area contributed by atoms with Crippen LogP contribution in [0.1, 0.15) is 5.82 Å². The van der Waals surface area contributed by atoms with Gasteiger partial charge < -0.3 is 10.1 Å². The van der Waals surface area contributed by atoms with Gasteiger partial charge in [0.1, 0.15) is 12.4 Å². The molecule has 0 bridgehead atoms. The van der Waals surface area contributed by atoms with Crippen LogP contribution in [0.3, 0.4) is 0 Å². The highest BCUT2D eigenvalue weighted by Crippen LogP contribution is 2.21. The molecule has 0 spiro atoms. The standard InChI is InChI=1S/C23H24N6O3S/c1-4-12-29-20(14-32-17-8-6-5-7-9-17)25-26-22(29)33-15-21(30)24-16-10-11-18-19(13-16)28(3)23(31)27(18)2/h4-11,13H,1,12,14-15H2,2-3H3,(H,24,30). The number of nitrogens with zero attached hydrogens (tertiary/aromatic N) is 5. The van der Waals surface area contributed by atoms with Crippen molar-refractivity contribution in [1.82, 2.24) is 23.9 Å². The zero-order chi connectivity index (χ0) is 23.4. The van der Waals surface area contributed by atoms with Crippen molar-refractivity contribution < 1.29 is 9.53 Å². The Bertz CT molecular complexity index is 1360. The lowest BCUT2D eigenvalue weighted by Crippen LogP contribution is -2.19. The van der Waals surface area contributed by atoms with Crippen LogP contribution in [-0.4, -0.2) is 35.6 Å². The summed E-state index contributed by atoms with van der Waals surface area (Å²) < 4.78 is 10.8. The summed E-state index contributed by atoms with van der Waals surface area (Å²) in [6.07, 6.45) is 1.75. The molecular formula is C23H24N6O3S. The number of hydrogen-bond donors (Lipinski definition) is 1. The van der Waals surface area contributed by atoms with E-state index in [1.807, 2.05) is 41.0 Å². The van der Waals surface area contributed by atoms with E-state index >= 15 is 0 Å². The third kappa shape index (κ3) is 4.85. The van der Waals surface area contributed by atoms with Crippen molar-refractivity contribution in [1.29, 1.82) is 0 Å². The Morgan fingerprint density at radius 3 is 2.64 bits per heavy atom. The van der Waals surface area contributed by atoms with E-state index in [1.165, 1.54) is 11.8 Å². The van der Waals surface area contributed by atoms with Crippen LogP contribution in [0.4, 0.5) is 5.69 Å². The van der Waals surface area contributed by atoms with Gasteiger partial charge in [-0.1, -0.05) is 36.0 Å². The Morgan fingerprint density at radius 1 is 1.12 bits per heavy atom. The van der Waals surface area contributed by atoms with E-state index in [4.69, 9.17) is 4.74 Å². The number of aryl methyl sites for hydroxylation is 2. The second kappa shape index (κ2) is 9.78. The van der Waals surface area contributed by atoms with Gasteiger partial charge in [-0.15, -0.1) is 16.8 Å². The van der Waals surface area contributed by atoms with E-state index < -0.39 is 0 Å². The van der Waals surface area contributed by atoms with Gasteiger partial charge in [0.05, 0.1) is 16.8 Å². The van der Waals surface area contributed by atoms with Crippen molar-refractivity contribution in [3.8, 4) is 5.75 Å². The lowest BCUT2D eigenvalue weighted by molar-refractivity contribution is -0.113. The topological polar surface area (TPSA) is 96.0 Å². The molecule has 170 valence electrons. The van der Waals surface area contributed by atoms with Gasteiger partial charge in [-0.25, -0.2) is 4.79 Å². The molecule has 2 aromatic heterocycles. The summed E-state index contributed by atoms with van der Waals surface area (Å²) in [5.41, 5.74) is 2.07. The summed E-state index contributed by atoms with van der Waals surface area (Å²) in [6.45, 7) is 4.56. The second-order valence-corrected chi connectivity index (χ2v) is 8.28. The minimum absolute atomic E-state index is 0.113. The lowest BCUT2D eigenvalue weighted by atomic mass is 10.2. The zero-order valence-corrected chi connectivity index (χ0v) is 19.2. The molecule has 0 fully saturated rings. The summed E-state index contributed by atoms with van der Waals surface area (Å²) in [5.74, 6) is 1.36. The normalized spacial score (nSPS) is 11.0. The first kappa shape index (κ1) is 22.4. The van der Waals surface area contributed by atoms with Crippen LogP contribution in [0.15, 0.2) is 71.1 Å². The van der Waals surface area contributed by atoms with Crippen LogP contribution < -0.4 is 15.7 Å². The molecule has 0 atom stereocenters. The molecule has 0 unspecified atom stereocenters. The van der Waals surface area contributed by atoms with Crippen LogP contribution in [0.25, 0.3) is 11.0 Å². The molecule has 9 nitrogen and oxygen atoms in total. The number of benzene rings is 2. The zero-order valence-electron chi connectivity index (χ0n) is 18.4. The number of para-hydroxylation sites is 1. The van der Waals surface area contributed by atoms with Crippen molar-refractivity contribution in [2.75, 3.05) is 11.1 Å². The maximum atomic E-state index is 12.6. The van der Waals surface area contributed by atoms with Crippen LogP contribution in [0, 0.1) is 0 Å². The van der Waals surface area contributed by atoms with Gasteiger partial charge >= 0.3 is 5.69 Å². The largest absolute Gasteiger partial charge is 0.486 e. The van der Waals surface area contributed by atoms with Gasteiger partial charge in [-0.05, 0) is 30.3 Å². The molecule has 1 N–H and O–H groups in total. The first-order chi connectivity index (χ1) is 16.0. The molecule has 33 heavy (non-hydrogen) atoms. The number of amides is 1. The van der Waals surface area contributed by atoms with Crippen molar-refractivity contribution in [2.45, 2.75) is 18.3 Å². The van der Waals surface area contributed by atoms with E-state index in [1.54, 1.807) is 41.4 Å². The summed E-state index contributed by atoms with van der Waals surface area (Å²) in [4.78, 5) is 24.7. The van der Waals surface area contributed by atoms with Gasteiger partial charge in [0.2, 0.25) is 5.91 Å². The van der Waals surface area contributed by atoms with Crippen molar-refractivity contribution >= 4 is 34.4 Å². The fraction of sp³-hybridized carbons (Fsp3) is 0.217. The molecule has 0 saturated heterocycles. The van der Waals surface area contributed by atoms with Crippen molar-refractivity contribution in [3.05, 3.63) is 77.5 Å². The number of aromatic nitrogens is 5. The molecule has 10 heteroatoms. The first-order valence-electron chi connectivity index (χ1n) is 10.3. The lowest BCUT2D eigenvalue weighted by Gasteiger charge is -2.09. The number of carbonyl (C=O) groups excluding carboxylic acids is 1. The number of hydrogen-bond acceptors (Lipinski definition) is 6. The predicted octanol–water partition coefficient (Wildman–Crippen LogP) is 2.96. The average Bonchev–Trinajstić information content (AvgIpc) is 3.31. The summed E-state index contributed by atoms with van der Waals surface area (Å²) >= 11 is 1.28. The van der Waals surface area contributed by atoms with Crippen LogP contribution >= 0.6 is 11.8 Å². The Labute approximate surface area is 194 Å². The van der Waals surface area contributed by atoms with Crippen LogP contribution in [0.2, 0.25) is 0 Å². The van der Waals surface area contributed by atoms with Gasteiger partial charge in [0.15, 0.2) is 11.0 Å². The number of nitrogens with one attached hydrogen (secondary N) is 1. The number of fused-ring (bicyclic) bond motifs is 1. The van der Waals surface area contributed by atoms with E-state index in [-0.39, 0.29) is 24.0 Å². The summed E-state index contributed by atoms with van der Waals surface area (Å²) in [5, 5.41) is 11.9. The smallest absolute Gasteiger partial charge is 0.328 e. The average molecular weight is 465 g/mol. The minimum Gasteiger partial charge on any atom is -0.486 e. The maximum absolute atomic E-state index is 12.6. The number of imidazole rings is 1. The SMILES string of the molecule is C=CCn1c(COc2ccccc2)nnc1SCC(=O)Nc1ccc2c(c1)n(C)c(=O)n2C. The molecule has 4 aromatic rings. The fourth-order valence-corrected chi connectivity index (χ4v) is 4.19. The van der Waals surface area contributed by atoms with Crippen molar-refractivity contribution in [3.63, 3.8) is 0 Å². The Kier molecular flexibility index (Phi) is 6.64. The Morgan fingerprint density at radius 2 is 1.88 bits per heavy atom. The second-order valence-electron chi connectivity index (χ2n) is 7.34. The Hall–Kier alpha value is -3.79. The van der Waals surface area contributed by atoms with Gasteiger partial charge in [-0.3, -0.25) is 18.5 Å². The molecule has 4 rings (SSSR count). The number of rotatable bonds is 9. The molecular weight excluding hydrogens is 440 g/mol. The number of anilines is 1. The van der Waals surface area contributed by atoms with Gasteiger partial charge in [-0.2, -0.15) is 0 Å². The number of thioether (sulfide) groups is 1. The number of allylic oxidation sites excluding steroid dienone is 1. The highest BCUT2D eigenvalue weighted by molar-refractivity contribution is 7.99. The first-order valence-corrected chi connectivity index (χ1v) is 11.3. The van der Waals surface area contributed by atoms with Gasteiger partial charge in [0.25, 0.3) is 0 Å². The molecule has 0 aliphatic rings. The van der Waals surface area contributed by atoms with Crippen LogP contribution in [-0.2, 0) is 32.0 Å². The summed E-state index contributed by atoms with van der Waals surface area (Å²) in [7, 11) is 3.43. The molecule has 2 aromatic carbocycles. The van der Waals surface area contributed by atoms with E-state index in [0.717, 1.165) is 16.8 Å². The predicted molar refractivity (Wildman–Crippen MR) is 129 cm³/mol. The molecule has 0 radical (unpaired) electrons. The number of ether oxygens (including phenoxy) is 1. The molecule has 0 saturated carbocycles. The monoisotopic (exact) mass is 464 g/mol. The third-order valence-corrected chi connectivity index (χ3v) is 6.07. The third-order valence-electron chi connectivity index (χ3n) is 5.10. The van der Waals surface area contributed by atoms with Crippen molar-refractivity contribution in [2.24, 2.45) is 14.1 Å². The quantitative estimate of drug-likeness (QED) is 0.302. The Balaban J connectivity index is 1.41. The molecule has 0 aliphatic heterocycles. The maximum Gasteiger partial charge on any atom is 0.328 e. The number of carbonyl (C=O) groups is 1. The molecule has 0 aliphatic carbocycles. The minimum atomic E-state index is -0.185. The van der Waals surface area contributed by atoms with Crippen LogP contribution in [0.5, 0.6) is 5.75 Å². The fourth-order valence-electron chi connectivity index (χ4n) is 3.42. The van der Waals surface area contributed by atoms with Gasteiger partial charge in [0, 0.05) is 26.3 Å². The molecule has 2 heterocycles.